The summed E-state index contributed by atoms with van der Waals surface area (Å²) >= 11 is 6.12. The van der Waals surface area contributed by atoms with Gasteiger partial charge in [0.1, 0.15) is 5.75 Å². The van der Waals surface area contributed by atoms with Gasteiger partial charge in [-0.3, -0.25) is 9.69 Å². The lowest BCUT2D eigenvalue weighted by Gasteiger charge is -2.36. The molecule has 0 saturated carbocycles. The van der Waals surface area contributed by atoms with Crippen LogP contribution < -0.4 is 4.74 Å². The Labute approximate surface area is 208 Å². The maximum Gasteiger partial charge on any atom is 0.254 e. The molecule has 0 aromatic heterocycles. The minimum Gasteiger partial charge on any atom is -0.497 e. The van der Waals surface area contributed by atoms with Crippen LogP contribution in [0.5, 0.6) is 5.75 Å². The molecule has 184 valence electrons. The predicted octanol–water partition coefficient (Wildman–Crippen LogP) is 5.34. The van der Waals surface area contributed by atoms with E-state index >= 15 is 0 Å². The fraction of sp³-hybridized carbons (Fsp3) is 0.296. The predicted molar refractivity (Wildman–Crippen MR) is 131 cm³/mol. The number of methoxy groups -OCH3 is 1. The molecule has 5 nitrogen and oxygen atoms in total. The van der Waals surface area contributed by atoms with Crippen molar-refractivity contribution < 1.29 is 23.0 Å². The molecule has 0 aliphatic carbocycles. The molecule has 0 N–H and O–H groups in total. The lowest BCUT2D eigenvalue weighted by Crippen LogP contribution is -2.49. The number of piperazine rings is 1. The molecule has 4 rings (SSSR count). The van der Waals surface area contributed by atoms with Gasteiger partial charge in [-0.2, -0.15) is 0 Å². The van der Waals surface area contributed by atoms with Crippen LogP contribution in [0.4, 0.5) is 8.78 Å². The minimum atomic E-state index is -1.02. The minimum absolute atomic E-state index is 0.150. The fourth-order valence-electron chi connectivity index (χ4n) is 4.10. The van der Waals surface area contributed by atoms with Crippen molar-refractivity contribution >= 4 is 17.5 Å². The molecule has 1 amide bonds. The Hall–Kier alpha value is -3.00. The Morgan fingerprint density at radius 1 is 0.971 bits per heavy atom. The number of nitrogens with zero attached hydrogens (tertiary/aromatic N) is 2. The molecule has 0 spiro atoms. The third-order valence-electron chi connectivity index (χ3n) is 6.06. The number of rotatable bonds is 8. The molecule has 0 bridgehead atoms. The molecular weight excluding hydrogens is 474 g/mol. The Morgan fingerprint density at radius 3 is 2.46 bits per heavy atom. The molecular formula is C27H27ClF2N2O3. The molecule has 8 heteroatoms. The van der Waals surface area contributed by atoms with Crippen molar-refractivity contribution in [2.24, 2.45) is 0 Å². The number of ether oxygens (including phenoxy) is 2. The first kappa shape index (κ1) is 25.1. The fourth-order valence-corrected chi connectivity index (χ4v) is 4.31. The third kappa shape index (κ3) is 6.57. The highest BCUT2D eigenvalue weighted by atomic mass is 35.5. The zero-order valence-corrected chi connectivity index (χ0v) is 20.2. The molecule has 3 aromatic carbocycles. The molecule has 3 aromatic rings. The molecule has 1 aliphatic rings. The number of carbonyl (C=O) groups is 1. The van der Waals surface area contributed by atoms with E-state index in [0.717, 1.165) is 29.0 Å². The van der Waals surface area contributed by atoms with Gasteiger partial charge in [-0.1, -0.05) is 35.9 Å². The van der Waals surface area contributed by atoms with Gasteiger partial charge in [-0.15, -0.1) is 0 Å². The van der Waals surface area contributed by atoms with Gasteiger partial charge in [0.15, 0.2) is 11.6 Å². The van der Waals surface area contributed by atoms with Crippen LogP contribution in [0.3, 0.4) is 0 Å². The molecule has 1 unspecified atom stereocenters. The molecule has 1 aliphatic heterocycles. The summed E-state index contributed by atoms with van der Waals surface area (Å²) in [7, 11) is 1.63. The van der Waals surface area contributed by atoms with Crippen molar-refractivity contribution in [3.8, 4) is 5.75 Å². The molecule has 35 heavy (non-hydrogen) atoms. The van der Waals surface area contributed by atoms with Crippen molar-refractivity contribution in [3.05, 3.63) is 100 Å². The highest BCUT2D eigenvalue weighted by Gasteiger charge is 2.25. The summed E-state index contributed by atoms with van der Waals surface area (Å²) in [6, 6.07) is 18.6. The average molecular weight is 501 g/mol. The summed E-state index contributed by atoms with van der Waals surface area (Å²) in [5.41, 5.74) is 2.12. The Balaban J connectivity index is 1.41. The van der Waals surface area contributed by atoms with E-state index in [9.17, 15) is 13.6 Å². The van der Waals surface area contributed by atoms with E-state index in [1.54, 1.807) is 12.0 Å². The summed E-state index contributed by atoms with van der Waals surface area (Å²) < 4.78 is 38.5. The monoisotopic (exact) mass is 500 g/mol. The zero-order valence-electron chi connectivity index (χ0n) is 19.4. The first-order chi connectivity index (χ1) is 16.9. The van der Waals surface area contributed by atoms with E-state index in [-0.39, 0.29) is 17.6 Å². The van der Waals surface area contributed by atoms with Gasteiger partial charge >= 0.3 is 0 Å². The van der Waals surface area contributed by atoms with Gasteiger partial charge in [0.2, 0.25) is 0 Å². The van der Waals surface area contributed by atoms with Crippen LogP contribution >= 0.6 is 11.6 Å². The second-order valence-corrected chi connectivity index (χ2v) is 8.86. The Bertz CT molecular complexity index is 1170. The summed E-state index contributed by atoms with van der Waals surface area (Å²) in [4.78, 5) is 16.6. The third-order valence-corrected chi connectivity index (χ3v) is 6.29. The van der Waals surface area contributed by atoms with Crippen molar-refractivity contribution in [1.29, 1.82) is 0 Å². The molecule has 1 saturated heterocycles. The summed E-state index contributed by atoms with van der Waals surface area (Å²) in [6.45, 7) is 3.26. The number of carbonyl (C=O) groups excluding carboxylic acids is 1. The van der Waals surface area contributed by atoms with Gasteiger partial charge in [0.05, 0.1) is 19.8 Å². The van der Waals surface area contributed by atoms with Gasteiger partial charge in [0.25, 0.3) is 5.91 Å². The quantitative estimate of drug-likeness (QED) is 0.418. The van der Waals surface area contributed by atoms with E-state index in [1.165, 1.54) is 6.07 Å². The lowest BCUT2D eigenvalue weighted by atomic mass is 10.1. The standard InChI is InChI=1S/C27H27ClF2N2O3/c1-34-23-7-3-5-20(15-23)26(35-18-19-4-2-6-22(28)14-19)17-31-10-12-32(13-11-31)27(33)21-8-9-24(29)25(30)16-21/h2-9,14-16,26H,10-13,17-18H2,1H3. The summed E-state index contributed by atoms with van der Waals surface area (Å²) in [6.07, 6.45) is -0.225. The number of hydrogen-bond donors (Lipinski definition) is 0. The second-order valence-electron chi connectivity index (χ2n) is 8.43. The molecule has 1 heterocycles. The molecule has 1 fully saturated rings. The second kappa shape index (κ2) is 11.6. The lowest BCUT2D eigenvalue weighted by molar-refractivity contribution is 0.00333. The first-order valence-electron chi connectivity index (χ1n) is 11.4. The van der Waals surface area contributed by atoms with Crippen LogP contribution in [-0.2, 0) is 11.3 Å². The van der Waals surface area contributed by atoms with Gasteiger partial charge in [-0.05, 0) is 53.6 Å². The number of amides is 1. The van der Waals surface area contributed by atoms with E-state index in [0.29, 0.717) is 44.4 Å². The maximum atomic E-state index is 13.6. The average Bonchev–Trinajstić information content (AvgIpc) is 2.88. The van der Waals surface area contributed by atoms with Crippen LogP contribution in [0.2, 0.25) is 5.02 Å². The topological polar surface area (TPSA) is 42.0 Å². The SMILES string of the molecule is COc1cccc(C(CN2CCN(C(=O)c3ccc(F)c(F)c3)CC2)OCc2cccc(Cl)c2)c1. The highest BCUT2D eigenvalue weighted by Crippen LogP contribution is 2.26. The Kier molecular flexibility index (Phi) is 8.33. The van der Waals surface area contributed by atoms with E-state index in [1.807, 2.05) is 48.5 Å². The van der Waals surface area contributed by atoms with Crippen molar-refractivity contribution in [1.82, 2.24) is 9.80 Å². The normalized spacial score (nSPS) is 15.1. The van der Waals surface area contributed by atoms with E-state index in [2.05, 4.69) is 4.90 Å². The van der Waals surface area contributed by atoms with Crippen LogP contribution in [0, 0.1) is 11.6 Å². The van der Waals surface area contributed by atoms with Gasteiger partial charge in [0, 0.05) is 43.3 Å². The number of hydrogen-bond acceptors (Lipinski definition) is 4. The van der Waals surface area contributed by atoms with Crippen molar-refractivity contribution in [2.45, 2.75) is 12.7 Å². The van der Waals surface area contributed by atoms with Gasteiger partial charge < -0.3 is 14.4 Å². The number of halogens is 3. The maximum absolute atomic E-state index is 13.6. The number of benzene rings is 3. The van der Waals surface area contributed by atoms with E-state index < -0.39 is 11.6 Å². The van der Waals surface area contributed by atoms with Crippen molar-refractivity contribution in [2.75, 3.05) is 39.8 Å². The highest BCUT2D eigenvalue weighted by molar-refractivity contribution is 6.30. The van der Waals surface area contributed by atoms with Crippen LogP contribution in [0.15, 0.2) is 66.7 Å². The van der Waals surface area contributed by atoms with E-state index in [4.69, 9.17) is 21.1 Å². The molecule has 0 radical (unpaired) electrons. The van der Waals surface area contributed by atoms with Crippen LogP contribution in [-0.4, -0.2) is 55.5 Å². The first-order valence-corrected chi connectivity index (χ1v) is 11.8. The smallest absolute Gasteiger partial charge is 0.254 e. The van der Waals surface area contributed by atoms with Crippen LogP contribution in [0.1, 0.15) is 27.6 Å². The summed E-state index contributed by atoms with van der Waals surface area (Å²) in [5.74, 6) is -1.54. The van der Waals surface area contributed by atoms with Crippen LogP contribution in [0.25, 0.3) is 0 Å². The van der Waals surface area contributed by atoms with Gasteiger partial charge in [-0.25, -0.2) is 8.78 Å². The summed E-state index contributed by atoms with van der Waals surface area (Å²) in [5, 5.41) is 0.658. The zero-order chi connectivity index (χ0) is 24.8. The molecule has 1 atom stereocenters. The Morgan fingerprint density at radius 2 is 1.74 bits per heavy atom. The largest absolute Gasteiger partial charge is 0.497 e. The van der Waals surface area contributed by atoms with Crippen molar-refractivity contribution in [3.63, 3.8) is 0 Å².